The van der Waals surface area contributed by atoms with Crippen molar-refractivity contribution < 1.29 is 24.3 Å². The Morgan fingerprint density at radius 2 is 2.07 bits per heavy atom. The molecule has 1 heterocycles. The smallest absolute Gasteiger partial charge is 0.348 e. The number of carbonyl (C=O) groups is 1. The third kappa shape index (κ3) is 3.59. The first-order valence-corrected chi connectivity index (χ1v) is 5.80. The molecule has 14 heavy (non-hydrogen) atoms. The van der Waals surface area contributed by atoms with Gasteiger partial charge in [-0.2, -0.15) is 0 Å². The van der Waals surface area contributed by atoms with E-state index in [-0.39, 0.29) is 6.04 Å². The Bertz CT molecular complexity index is 296. The van der Waals surface area contributed by atoms with Gasteiger partial charge in [-0.1, -0.05) is 6.08 Å². The van der Waals surface area contributed by atoms with Crippen LogP contribution in [0.15, 0.2) is 11.9 Å². The average molecular weight is 221 g/mol. The topological polar surface area (TPSA) is 107 Å². The normalized spacial score (nSPS) is 28.4. The second-order valence-electron chi connectivity index (χ2n) is 3.17. The lowest BCUT2D eigenvalue weighted by Crippen LogP contribution is -2.34. The van der Waals surface area contributed by atoms with Crippen molar-refractivity contribution in [2.75, 3.05) is 0 Å². The molecule has 1 aliphatic heterocycles. The molecule has 0 unspecified atom stereocenters. The summed E-state index contributed by atoms with van der Waals surface area (Å²) >= 11 is 0. The predicted molar refractivity (Wildman–Crippen MR) is 48.8 cm³/mol. The van der Waals surface area contributed by atoms with Crippen LogP contribution in [0.1, 0.15) is 12.8 Å². The fraction of sp³-hybridized carbons (Fsp3) is 0.571. The van der Waals surface area contributed by atoms with Gasteiger partial charge in [0, 0.05) is 11.9 Å². The van der Waals surface area contributed by atoms with Crippen molar-refractivity contribution in [1.82, 2.24) is 5.32 Å². The van der Waals surface area contributed by atoms with Crippen LogP contribution in [0.4, 0.5) is 0 Å². The Hall–Kier alpha value is -0.680. The summed E-state index contributed by atoms with van der Waals surface area (Å²) in [6.07, 6.45) is 2.38. The Morgan fingerprint density at radius 3 is 2.50 bits per heavy atom. The molecule has 0 spiro atoms. The summed E-state index contributed by atoms with van der Waals surface area (Å²) in [6.45, 7) is 0. The molecule has 6 nitrogen and oxygen atoms in total. The number of hydrogen-bond acceptors (Lipinski definition) is 3. The third-order valence-corrected chi connectivity index (χ3v) is 2.55. The van der Waals surface area contributed by atoms with Gasteiger partial charge in [0.05, 0.1) is 0 Å². The molecule has 1 fully saturated rings. The first-order chi connectivity index (χ1) is 6.38. The molecule has 0 amide bonds. The number of nitrogens with one attached hydrogen (secondary N) is 1. The summed E-state index contributed by atoms with van der Waals surface area (Å²) in [7, 11) is -4.13. The van der Waals surface area contributed by atoms with Gasteiger partial charge in [-0.3, -0.25) is 14.7 Å². The Kier molecular flexibility index (Phi) is 3.44. The summed E-state index contributed by atoms with van der Waals surface area (Å²) in [6, 6.07) is -0.870. The average Bonchev–Trinajstić information content (AvgIpc) is 2.47. The second kappa shape index (κ2) is 4.23. The lowest BCUT2D eigenvalue weighted by molar-refractivity contribution is -0.139. The number of carboxylic acid groups (broad SMARTS) is 1. The molecular formula is C7H12NO5P. The van der Waals surface area contributed by atoms with E-state index in [1.165, 1.54) is 6.08 Å². The Labute approximate surface area is 80.8 Å². The van der Waals surface area contributed by atoms with E-state index in [4.69, 9.17) is 14.9 Å². The lowest BCUT2D eigenvalue weighted by atomic mass is 10.2. The zero-order valence-corrected chi connectivity index (χ0v) is 8.22. The maximum Gasteiger partial charge on any atom is 0.348 e. The highest BCUT2D eigenvalue weighted by Crippen LogP contribution is 2.36. The minimum atomic E-state index is -4.13. The number of carboxylic acids is 1. The SMILES string of the molecule is O=C(O)[C@H]1CC[C@@H](/C=C/P(=O)(O)O)N1. The lowest BCUT2D eigenvalue weighted by Gasteiger charge is -2.06. The molecule has 0 aromatic carbocycles. The first kappa shape index (κ1) is 11.4. The van der Waals surface area contributed by atoms with Crippen molar-refractivity contribution in [2.24, 2.45) is 0 Å². The molecule has 1 aliphatic rings. The number of rotatable bonds is 3. The maximum atomic E-state index is 10.5. The van der Waals surface area contributed by atoms with Gasteiger partial charge in [-0.15, -0.1) is 0 Å². The monoisotopic (exact) mass is 221 g/mol. The molecule has 0 aromatic heterocycles. The molecule has 1 saturated heterocycles. The predicted octanol–water partition coefficient (Wildman–Crippen LogP) is -0.117. The van der Waals surface area contributed by atoms with Gasteiger partial charge in [-0.05, 0) is 12.8 Å². The van der Waals surface area contributed by atoms with Crippen LogP contribution in [0.25, 0.3) is 0 Å². The van der Waals surface area contributed by atoms with E-state index in [0.717, 1.165) is 5.82 Å². The van der Waals surface area contributed by atoms with E-state index in [2.05, 4.69) is 5.32 Å². The molecule has 0 saturated carbocycles. The zero-order valence-electron chi connectivity index (χ0n) is 7.33. The highest BCUT2D eigenvalue weighted by Gasteiger charge is 2.27. The van der Waals surface area contributed by atoms with E-state index in [0.29, 0.717) is 12.8 Å². The minimum Gasteiger partial charge on any atom is -0.480 e. The fourth-order valence-electron chi connectivity index (χ4n) is 1.33. The highest BCUT2D eigenvalue weighted by atomic mass is 31.2. The van der Waals surface area contributed by atoms with Gasteiger partial charge in [0.15, 0.2) is 0 Å². The maximum absolute atomic E-state index is 10.5. The van der Waals surface area contributed by atoms with Crippen LogP contribution in [0.2, 0.25) is 0 Å². The van der Waals surface area contributed by atoms with E-state index in [1.807, 2.05) is 0 Å². The molecule has 0 bridgehead atoms. The van der Waals surface area contributed by atoms with Crippen molar-refractivity contribution in [3.8, 4) is 0 Å². The van der Waals surface area contributed by atoms with Crippen molar-refractivity contribution in [1.29, 1.82) is 0 Å². The van der Waals surface area contributed by atoms with E-state index in [1.54, 1.807) is 0 Å². The van der Waals surface area contributed by atoms with Gasteiger partial charge in [0.25, 0.3) is 0 Å². The van der Waals surface area contributed by atoms with Gasteiger partial charge < -0.3 is 14.9 Å². The largest absolute Gasteiger partial charge is 0.480 e. The molecule has 0 radical (unpaired) electrons. The minimum absolute atomic E-state index is 0.260. The van der Waals surface area contributed by atoms with Gasteiger partial charge >= 0.3 is 13.6 Å². The molecule has 1 rings (SSSR count). The van der Waals surface area contributed by atoms with Crippen molar-refractivity contribution in [3.63, 3.8) is 0 Å². The van der Waals surface area contributed by atoms with Crippen LogP contribution < -0.4 is 5.32 Å². The van der Waals surface area contributed by atoms with Crippen LogP contribution in [0.5, 0.6) is 0 Å². The zero-order chi connectivity index (χ0) is 10.8. The van der Waals surface area contributed by atoms with Crippen LogP contribution in [-0.2, 0) is 9.36 Å². The van der Waals surface area contributed by atoms with Crippen LogP contribution in [-0.4, -0.2) is 32.9 Å². The number of aliphatic carboxylic acids is 1. The van der Waals surface area contributed by atoms with Crippen LogP contribution in [0.3, 0.4) is 0 Å². The summed E-state index contributed by atoms with van der Waals surface area (Å²) < 4.78 is 10.5. The fourth-order valence-corrected chi connectivity index (χ4v) is 1.77. The van der Waals surface area contributed by atoms with Gasteiger partial charge in [0.1, 0.15) is 6.04 Å². The molecular weight excluding hydrogens is 209 g/mol. The van der Waals surface area contributed by atoms with E-state index in [9.17, 15) is 9.36 Å². The standard InChI is InChI=1S/C7H12NO5P/c9-7(10)6-2-1-5(8-6)3-4-14(11,12)13/h3-6,8H,1-2H2,(H,9,10)(H2,11,12,13)/b4-3+/t5-,6+/m0/s1. The summed E-state index contributed by atoms with van der Waals surface area (Å²) in [4.78, 5) is 27.6. The quantitative estimate of drug-likeness (QED) is 0.495. The van der Waals surface area contributed by atoms with Gasteiger partial charge in [-0.25, -0.2) is 0 Å². The number of hydrogen-bond donors (Lipinski definition) is 4. The Balaban J connectivity index is 2.48. The third-order valence-electron chi connectivity index (χ3n) is 1.99. The molecule has 4 N–H and O–H groups in total. The van der Waals surface area contributed by atoms with Crippen LogP contribution in [0, 0.1) is 0 Å². The molecule has 80 valence electrons. The van der Waals surface area contributed by atoms with Crippen LogP contribution >= 0.6 is 7.60 Å². The summed E-state index contributed by atoms with van der Waals surface area (Å²) in [5.41, 5.74) is 0. The first-order valence-electron chi connectivity index (χ1n) is 4.12. The summed E-state index contributed by atoms with van der Waals surface area (Å²) in [5, 5.41) is 11.4. The summed E-state index contributed by atoms with van der Waals surface area (Å²) in [5.74, 6) is -0.133. The van der Waals surface area contributed by atoms with Crippen molar-refractivity contribution in [2.45, 2.75) is 24.9 Å². The van der Waals surface area contributed by atoms with Gasteiger partial charge in [0.2, 0.25) is 0 Å². The van der Waals surface area contributed by atoms with Crippen molar-refractivity contribution in [3.05, 3.63) is 11.9 Å². The molecule has 7 heteroatoms. The van der Waals surface area contributed by atoms with Crippen molar-refractivity contribution >= 4 is 13.6 Å². The van der Waals surface area contributed by atoms with E-state index >= 15 is 0 Å². The highest BCUT2D eigenvalue weighted by molar-refractivity contribution is 7.55. The molecule has 0 aliphatic carbocycles. The Morgan fingerprint density at radius 1 is 1.43 bits per heavy atom. The second-order valence-corrected chi connectivity index (χ2v) is 4.65. The molecule has 0 aromatic rings. The van der Waals surface area contributed by atoms with E-state index < -0.39 is 19.6 Å². The molecule has 2 atom stereocenters.